The Morgan fingerprint density at radius 2 is 2.04 bits per heavy atom. The zero-order chi connectivity index (χ0) is 20.2. The zero-order valence-corrected chi connectivity index (χ0v) is 17.0. The first kappa shape index (κ1) is 22.4. The Morgan fingerprint density at radius 1 is 1.25 bits per heavy atom. The fourth-order valence-corrected chi connectivity index (χ4v) is 3.66. The van der Waals surface area contributed by atoms with E-state index in [0.717, 1.165) is 37.7 Å². The van der Waals surface area contributed by atoms with E-state index in [1.807, 2.05) is 13.0 Å². The van der Waals surface area contributed by atoms with Crippen LogP contribution < -0.4 is 15.4 Å². The first-order valence-corrected chi connectivity index (χ1v) is 10.1. The first-order chi connectivity index (χ1) is 13.6. The number of hydrogen-bond donors (Lipinski definition) is 2. The predicted molar refractivity (Wildman–Crippen MR) is 108 cm³/mol. The van der Waals surface area contributed by atoms with Crippen LogP contribution in [0.5, 0.6) is 5.75 Å². The average Bonchev–Trinajstić information content (AvgIpc) is 3.16. The minimum Gasteiger partial charge on any atom is -0.488 e. The molecule has 2 rings (SSSR count). The van der Waals surface area contributed by atoms with Crippen molar-refractivity contribution in [1.82, 2.24) is 10.6 Å². The highest BCUT2D eigenvalue weighted by Crippen LogP contribution is 2.40. The molecule has 7 heteroatoms. The summed E-state index contributed by atoms with van der Waals surface area (Å²) in [5.74, 6) is 1.19. The van der Waals surface area contributed by atoms with Crippen molar-refractivity contribution in [1.29, 1.82) is 0 Å². The molecule has 1 aliphatic carbocycles. The number of nitrogens with one attached hydrogen (secondary N) is 2. The van der Waals surface area contributed by atoms with Gasteiger partial charge in [0.2, 0.25) is 0 Å². The lowest BCUT2D eigenvalue weighted by Crippen LogP contribution is -2.43. The Labute approximate surface area is 166 Å². The molecule has 1 aliphatic rings. The molecule has 5 nitrogen and oxygen atoms in total. The van der Waals surface area contributed by atoms with E-state index in [4.69, 9.17) is 9.47 Å². The molecular weight excluding hydrogens is 364 g/mol. The van der Waals surface area contributed by atoms with Crippen LogP contribution in [0.4, 0.5) is 8.78 Å². The highest BCUT2D eigenvalue weighted by Gasteiger charge is 2.33. The molecule has 1 saturated carbocycles. The second kappa shape index (κ2) is 11.8. The minimum atomic E-state index is -2.48. The molecule has 0 heterocycles. The SMILES string of the molecule is CCOCCC1(CNC(=NC)NCc2cccc(OCC(F)F)c2)CCCC1. The molecule has 0 bridgehead atoms. The molecule has 1 aromatic carbocycles. The summed E-state index contributed by atoms with van der Waals surface area (Å²) in [6.45, 7) is 4.40. The number of hydrogen-bond acceptors (Lipinski definition) is 3. The van der Waals surface area contributed by atoms with Crippen LogP contribution in [-0.2, 0) is 11.3 Å². The highest BCUT2D eigenvalue weighted by molar-refractivity contribution is 5.79. The van der Waals surface area contributed by atoms with Gasteiger partial charge in [0.05, 0.1) is 0 Å². The number of guanidine groups is 1. The largest absolute Gasteiger partial charge is 0.488 e. The Morgan fingerprint density at radius 3 is 2.71 bits per heavy atom. The van der Waals surface area contributed by atoms with E-state index in [1.54, 1.807) is 25.2 Å². The molecule has 0 unspecified atom stereocenters. The maximum Gasteiger partial charge on any atom is 0.272 e. The summed E-state index contributed by atoms with van der Waals surface area (Å²) >= 11 is 0. The van der Waals surface area contributed by atoms with Crippen LogP contribution >= 0.6 is 0 Å². The van der Waals surface area contributed by atoms with Crippen LogP contribution in [0.2, 0.25) is 0 Å². The van der Waals surface area contributed by atoms with Crippen molar-refractivity contribution in [3.8, 4) is 5.75 Å². The van der Waals surface area contributed by atoms with Gasteiger partial charge in [-0.15, -0.1) is 0 Å². The number of halogens is 2. The molecule has 2 N–H and O–H groups in total. The standard InChI is InChI=1S/C21H33F2N3O2/c1-3-27-12-11-21(9-4-5-10-21)16-26-20(24-2)25-14-17-7-6-8-18(13-17)28-15-19(22)23/h6-8,13,19H,3-5,9-12,14-16H2,1-2H3,(H2,24,25,26). The summed E-state index contributed by atoms with van der Waals surface area (Å²) in [5, 5.41) is 6.75. The normalized spacial score (nSPS) is 16.4. The highest BCUT2D eigenvalue weighted by atomic mass is 19.3. The Balaban J connectivity index is 1.83. The van der Waals surface area contributed by atoms with Gasteiger partial charge in [-0.3, -0.25) is 4.99 Å². The monoisotopic (exact) mass is 397 g/mol. The van der Waals surface area contributed by atoms with Gasteiger partial charge in [-0.2, -0.15) is 0 Å². The van der Waals surface area contributed by atoms with Crippen LogP contribution in [0.15, 0.2) is 29.3 Å². The third-order valence-electron chi connectivity index (χ3n) is 5.23. The number of benzene rings is 1. The molecule has 0 atom stereocenters. The van der Waals surface area contributed by atoms with Crippen LogP contribution in [0.3, 0.4) is 0 Å². The molecular formula is C21H33F2N3O2. The van der Waals surface area contributed by atoms with Gasteiger partial charge in [-0.25, -0.2) is 8.78 Å². The van der Waals surface area contributed by atoms with Crippen molar-refractivity contribution in [2.45, 2.75) is 52.0 Å². The van der Waals surface area contributed by atoms with Crippen LogP contribution in [0.25, 0.3) is 0 Å². The fraction of sp³-hybridized carbons (Fsp3) is 0.667. The summed E-state index contributed by atoms with van der Waals surface area (Å²) in [6, 6.07) is 7.18. The molecule has 28 heavy (non-hydrogen) atoms. The van der Waals surface area contributed by atoms with E-state index >= 15 is 0 Å². The van der Waals surface area contributed by atoms with Gasteiger partial charge in [0.25, 0.3) is 6.43 Å². The maximum absolute atomic E-state index is 12.3. The minimum absolute atomic E-state index is 0.274. The van der Waals surface area contributed by atoms with Crippen molar-refractivity contribution >= 4 is 5.96 Å². The number of ether oxygens (including phenoxy) is 2. The molecule has 1 aromatic rings. The summed E-state index contributed by atoms with van der Waals surface area (Å²) in [4.78, 5) is 4.31. The Bertz CT molecular complexity index is 605. The van der Waals surface area contributed by atoms with Crippen LogP contribution in [-0.4, -0.2) is 45.8 Å². The molecule has 0 spiro atoms. The summed E-state index contributed by atoms with van der Waals surface area (Å²) < 4.78 is 35.2. The van der Waals surface area contributed by atoms with Crippen molar-refractivity contribution in [3.63, 3.8) is 0 Å². The average molecular weight is 398 g/mol. The molecule has 0 amide bonds. The van der Waals surface area contributed by atoms with E-state index in [0.29, 0.717) is 12.3 Å². The van der Waals surface area contributed by atoms with Gasteiger partial charge in [0.15, 0.2) is 5.96 Å². The van der Waals surface area contributed by atoms with E-state index in [1.165, 1.54) is 25.7 Å². The van der Waals surface area contributed by atoms with Gasteiger partial charge < -0.3 is 20.1 Å². The lowest BCUT2D eigenvalue weighted by atomic mass is 9.83. The lowest BCUT2D eigenvalue weighted by molar-refractivity contribution is 0.0818. The second-order valence-electron chi connectivity index (χ2n) is 7.28. The van der Waals surface area contributed by atoms with Crippen molar-refractivity contribution < 1.29 is 18.3 Å². The van der Waals surface area contributed by atoms with Gasteiger partial charge in [-0.1, -0.05) is 25.0 Å². The van der Waals surface area contributed by atoms with E-state index in [9.17, 15) is 8.78 Å². The van der Waals surface area contributed by atoms with Gasteiger partial charge in [-0.05, 0) is 49.3 Å². The topological polar surface area (TPSA) is 54.9 Å². The Kier molecular flexibility index (Phi) is 9.47. The van der Waals surface area contributed by atoms with Crippen molar-refractivity contribution in [2.75, 3.05) is 33.4 Å². The predicted octanol–water partition coefficient (Wildman–Crippen LogP) is 3.98. The Hall–Kier alpha value is -1.89. The zero-order valence-electron chi connectivity index (χ0n) is 17.0. The fourth-order valence-electron chi connectivity index (χ4n) is 3.66. The second-order valence-corrected chi connectivity index (χ2v) is 7.28. The van der Waals surface area contributed by atoms with Gasteiger partial charge in [0.1, 0.15) is 12.4 Å². The summed E-state index contributed by atoms with van der Waals surface area (Å²) in [6.07, 6.45) is 3.56. The number of nitrogens with zero attached hydrogens (tertiary/aromatic N) is 1. The van der Waals surface area contributed by atoms with Crippen LogP contribution in [0.1, 0.15) is 44.6 Å². The van der Waals surface area contributed by atoms with Crippen LogP contribution in [0, 0.1) is 5.41 Å². The summed E-state index contributed by atoms with van der Waals surface area (Å²) in [7, 11) is 1.75. The van der Waals surface area contributed by atoms with Crippen molar-refractivity contribution in [3.05, 3.63) is 29.8 Å². The molecule has 158 valence electrons. The molecule has 1 fully saturated rings. The molecule has 0 aromatic heterocycles. The maximum atomic E-state index is 12.3. The van der Waals surface area contributed by atoms with Gasteiger partial charge >= 0.3 is 0 Å². The molecule has 0 aliphatic heterocycles. The number of alkyl halides is 2. The molecule has 0 radical (unpaired) electrons. The van der Waals surface area contributed by atoms with E-state index < -0.39 is 13.0 Å². The van der Waals surface area contributed by atoms with Gasteiger partial charge in [0, 0.05) is 33.4 Å². The number of rotatable bonds is 11. The third kappa shape index (κ3) is 7.62. The lowest BCUT2D eigenvalue weighted by Gasteiger charge is -2.30. The smallest absolute Gasteiger partial charge is 0.272 e. The van der Waals surface area contributed by atoms with E-state index in [2.05, 4.69) is 15.6 Å². The first-order valence-electron chi connectivity index (χ1n) is 10.1. The third-order valence-corrected chi connectivity index (χ3v) is 5.23. The quantitative estimate of drug-likeness (QED) is 0.337. The van der Waals surface area contributed by atoms with E-state index in [-0.39, 0.29) is 5.41 Å². The molecule has 0 saturated heterocycles. The number of aliphatic imine (C=N–C) groups is 1. The van der Waals surface area contributed by atoms with Crippen molar-refractivity contribution in [2.24, 2.45) is 10.4 Å². The summed E-state index contributed by atoms with van der Waals surface area (Å²) in [5.41, 5.74) is 1.22.